The van der Waals surface area contributed by atoms with Gasteiger partial charge in [0.2, 0.25) is 0 Å². The minimum absolute atomic E-state index is 0.420. The molecule has 0 spiro atoms. The van der Waals surface area contributed by atoms with E-state index in [2.05, 4.69) is 60.5 Å². The summed E-state index contributed by atoms with van der Waals surface area (Å²) in [6.45, 7) is 0.420. The van der Waals surface area contributed by atoms with Gasteiger partial charge in [-0.3, -0.25) is 0 Å². The van der Waals surface area contributed by atoms with E-state index in [4.69, 9.17) is 9.47 Å². The SMILES string of the molecule is COc1cc(/C=C(/C#N)c2ccc(I)cc2)cc(Br)c1OCc1ccc(Br)cc1. The van der Waals surface area contributed by atoms with Crippen LogP contribution in [0.25, 0.3) is 11.6 Å². The van der Waals surface area contributed by atoms with Crippen molar-refractivity contribution in [2.24, 2.45) is 0 Å². The molecule has 0 N–H and O–H groups in total. The number of hydrogen-bond donors (Lipinski definition) is 0. The van der Waals surface area contributed by atoms with Gasteiger partial charge in [-0.1, -0.05) is 40.2 Å². The standard InChI is InChI=1S/C23H16Br2INO2/c1-28-22-12-16(10-18(13-27)17-4-8-20(26)9-5-17)11-21(25)23(22)29-14-15-2-6-19(24)7-3-15/h2-12H,14H2,1H3/b18-10-. The predicted molar refractivity (Wildman–Crippen MR) is 132 cm³/mol. The zero-order chi connectivity index (χ0) is 20.8. The fraction of sp³-hybridized carbons (Fsp3) is 0.0870. The fourth-order valence-corrected chi connectivity index (χ4v) is 3.87. The molecule has 0 atom stereocenters. The number of nitriles is 1. The second-order valence-corrected chi connectivity index (χ2v) is 9.14. The molecule has 3 rings (SSSR count). The lowest BCUT2D eigenvalue weighted by molar-refractivity contribution is 0.282. The largest absolute Gasteiger partial charge is 0.493 e. The van der Waals surface area contributed by atoms with E-state index in [-0.39, 0.29) is 0 Å². The Hall–Kier alpha value is -1.82. The summed E-state index contributed by atoms with van der Waals surface area (Å²) in [6, 6.07) is 21.9. The lowest BCUT2D eigenvalue weighted by atomic mass is 10.0. The van der Waals surface area contributed by atoms with E-state index < -0.39 is 0 Å². The average Bonchev–Trinajstić information content (AvgIpc) is 2.72. The number of methoxy groups -OCH3 is 1. The van der Waals surface area contributed by atoms with Gasteiger partial charge in [-0.15, -0.1) is 0 Å². The maximum atomic E-state index is 9.60. The topological polar surface area (TPSA) is 42.2 Å². The highest BCUT2D eigenvalue weighted by molar-refractivity contribution is 14.1. The average molecular weight is 625 g/mol. The molecule has 0 saturated carbocycles. The minimum atomic E-state index is 0.420. The Balaban J connectivity index is 1.88. The van der Waals surface area contributed by atoms with E-state index in [9.17, 15) is 5.26 Å². The van der Waals surface area contributed by atoms with Gasteiger partial charge in [0.1, 0.15) is 6.61 Å². The number of nitrogens with zero attached hydrogens (tertiary/aromatic N) is 1. The first-order chi connectivity index (χ1) is 14.0. The summed E-state index contributed by atoms with van der Waals surface area (Å²) in [5, 5.41) is 9.60. The third kappa shape index (κ3) is 5.84. The summed E-state index contributed by atoms with van der Waals surface area (Å²) in [5.74, 6) is 1.22. The summed E-state index contributed by atoms with van der Waals surface area (Å²) in [4.78, 5) is 0. The van der Waals surface area contributed by atoms with Crippen molar-refractivity contribution in [3.8, 4) is 17.6 Å². The highest BCUT2D eigenvalue weighted by Gasteiger charge is 2.12. The number of allylic oxidation sites excluding steroid dienone is 1. The third-order valence-corrected chi connectivity index (χ3v) is 5.97. The summed E-state index contributed by atoms with van der Waals surface area (Å²) in [6.07, 6.45) is 1.84. The molecule has 146 valence electrons. The van der Waals surface area contributed by atoms with Crippen LogP contribution >= 0.6 is 54.5 Å². The second kappa shape index (κ2) is 10.3. The van der Waals surface area contributed by atoms with Crippen molar-refractivity contribution in [3.05, 3.63) is 89.9 Å². The normalized spacial score (nSPS) is 11.1. The number of rotatable bonds is 6. The van der Waals surface area contributed by atoms with Crippen LogP contribution in [0.1, 0.15) is 16.7 Å². The molecule has 0 radical (unpaired) electrons. The molecule has 0 unspecified atom stereocenters. The molecular formula is C23H16Br2INO2. The summed E-state index contributed by atoms with van der Waals surface area (Å²) in [7, 11) is 1.60. The lowest BCUT2D eigenvalue weighted by Crippen LogP contribution is -1.99. The first-order valence-electron chi connectivity index (χ1n) is 8.62. The summed E-state index contributed by atoms with van der Waals surface area (Å²) < 4.78 is 14.4. The van der Waals surface area contributed by atoms with Crippen LogP contribution in [0.15, 0.2) is 69.6 Å². The Kier molecular flexibility index (Phi) is 7.76. The van der Waals surface area contributed by atoms with Gasteiger partial charge in [-0.25, -0.2) is 0 Å². The van der Waals surface area contributed by atoms with Crippen LogP contribution in [0.5, 0.6) is 11.5 Å². The van der Waals surface area contributed by atoms with Gasteiger partial charge >= 0.3 is 0 Å². The van der Waals surface area contributed by atoms with E-state index in [1.165, 1.54) is 0 Å². The molecule has 0 heterocycles. The zero-order valence-electron chi connectivity index (χ0n) is 15.5. The molecule has 0 saturated heterocycles. The van der Waals surface area contributed by atoms with E-state index in [1.807, 2.05) is 66.7 Å². The van der Waals surface area contributed by atoms with Crippen LogP contribution in [0, 0.1) is 14.9 Å². The molecule has 0 bridgehead atoms. The van der Waals surface area contributed by atoms with Gasteiger partial charge in [-0.2, -0.15) is 5.26 Å². The first kappa shape index (κ1) is 21.9. The van der Waals surface area contributed by atoms with Crippen molar-refractivity contribution in [2.75, 3.05) is 7.11 Å². The molecule has 3 aromatic carbocycles. The first-order valence-corrected chi connectivity index (χ1v) is 11.3. The molecule has 0 fully saturated rings. The molecule has 29 heavy (non-hydrogen) atoms. The van der Waals surface area contributed by atoms with Crippen molar-refractivity contribution in [1.82, 2.24) is 0 Å². The highest BCUT2D eigenvalue weighted by atomic mass is 127. The van der Waals surface area contributed by atoms with Crippen LogP contribution in [0.3, 0.4) is 0 Å². The molecule has 0 amide bonds. The molecule has 6 heteroatoms. The Bertz CT molecular complexity index is 1070. The van der Waals surface area contributed by atoms with Crippen LogP contribution in [-0.4, -0.2) is 7.11 Å². The molecule has 0 aliphatic carbocycles. The number of benzene rings is 3. The zero-order valence-corrected chi connectivity index (χ0v) is 20.8. The van der Waals surface area contributed by atoms with E-state index >= 15 is 0 Å². The van der Waals surface area contributed by atoms with Gasteiger partial charge in [0.15, 0.2) is 11.5 Å². The van der Waals surface area contributed by atoms with E-state index in [0.717, 1.165) is 29.2 Å². The van der Waals surface area contributed by atoms with Gasteiger partial charge in [-0.05, 0) is 97.7 Å². The van der Waals surface area contributed by atoms with Gasteiger partial charge < -0.3 is 9.47 Å². The molecule has 3 nitrogen and oxygen atoms in total. The Morgan fingerprint density at radius 3 is 2.38 bits per heavy atom. The Labute approximate surface area is 200 Å². The third-order valence-electron chi connectivity index (χ3n) is 4.13. The van der Waals surface area contributed by atoms with Gasteiger partial charge in [0, 0.05) is 8.04 Å². The van der Waals surface area contributed by atoms with Crippen LogP contribution in [-0.2, 0) is 6.61 Å². The van der Waals surface area contributed by atoms with Gasteiger partial charge in [0.25, 0.3) is 0 Å². The summed E-state index contributed by atoms with van der Waals surface area (Å²) in [5.41, 5.74) is 3.36. The monoisotopic (exact) mass is 623 g/mol. The lowest BCUT2D eigenvalue weighted by Gasteiger charge is -2.14. The van der Waals surface area contributed by atoms with Crippen molar-refractivity contribution in [1.29, 1.82) is 5.26 Å². The van der Waals surface area contributed by atoms with Gasteiger partial charge in [0.05, 0.1) is 23.2 Å². The Morgan fingerprint density at radius 1 is 1.07 bits per heavy atom. The van der Waals surface area contributed by atoms with Crippen molar-refractivity contribution in [2.45, 2.75) is 6.61 Å². The van der Waals surface area contributed by atoms with E-state index in [0.29, 0.717) is 23.7 Å². The molecular weight excluding hydrogens is 609 g/mol. The minimum Gasteiger partial charge on any atom is -0.493 e. The second-order valence-electron chi connectivity index (χ2n) is 6.13. The Morgan fingerprint density at radius 2 is 1.76 bits per heavy atom. The van der Waals surface area contributed by atoms with Crippen LogP contribution in [0.2, 0.25) is 0 Å². The van der Waals surface area contributed by atoms with Crippen LogP contribution in [0.4, 0.5) is 0 Å². The molecule has 0 aromatic heterocycles. The predicted octanol–water partition coefficient (Wildman–Crippen LogP) is 7.47. The van der Waals surface area contributed by atoms with Crippen molar-refractivity contribution < 1.29 is 9.47 Å². The maximum absolute atomic E-state index is 9.60. The molecule has 0 aliphatic rings. The smallest absolute Gasteiger partial charge is 0.175 e. The molecule has 0 aliphatic heterocycles. The fourth-order valence-electron chi connectivity index (χ4n) is 2.68. The number of hydrogen-bond acceptors (Lipinski definition) is 3. The maximum Gasteiger partial charge on any atom is 0.175 e. The van der Waals surface area contributed by atoms with Crippen LogP contribution < -0.4 is 9.47 Å². The molecule has 3 aromatic rings. The highest BCUT2D eigenvalue weighted by Crippen LogP contribution is 2.38. The van der Waals surface area contributed by atoms with Crippen molar-refractivity contribution >= 4 is 66.1 Å². The number of ether oxygens (including phenoxy) is 2. The summed E-state index contributed by atoms with van der Waals surface area (Å²) >= 11 is 9.25. The number of halogens is 3. The quantitative estimate of drug-likeness (QED) is 0.162. The van der Waals surface area contributed by atoms with Crippen molar-refractivity contribution in [3.63, 3.8) is 0 Å². The van der Waals surface area contributed by atoms with E-state index in [1.54, 1.807) is 7.11 Å².